The average Bonchev–Trinajstić information content (AvgIpc) is 2.75. The van der Waals surface area contributed by atoms with Gasteiger partial charge in [-0.05, 0) is 32.0 Å². The topological polar surface area (TPSA) is 61.4 Å². The molecular weight excluding hydrogens is 216 g/mol. The molecule has 0 aromatic heterocycles. The molecule has 1 fully saturated rings. The Morgan fingerprint density at radius 1 is 1.47 bits per heavy atom. The third kappa shape index (κ3) is 3.05. The summed E-state index contributed by atoms with van der Waals surface area (Å²) >= 11 is 0. The Bertz CT molecular complexity index is 394. The van der Waals surface area contributed by atoms with Gasteiger partial charge in [-0.25, -0.2) is 0 Å². The molecule has 1 amide bonds. The van der Waals surface area contributed by atoms with Crippen molar-refractivity contribution in [2.75, 3.05) is 19.6 Å². The predicted molar refractivity (Wildman–Crippen MR) is 65.9 cm³/mol. The van der Waals surface area contributed by atoms with Gasteiger partial charge in [0.25, 0.3) is 5.91 Å². The zero-order valence-corrected chi connectivity index (χ0v) is 9.99. The first-order valence-electron chi connectivity index (χ1n) is 5.87. The molecule has 1 aliphatic heterocycles. The van der Waals surface area contributed by atoms with Crippen LogP contribution in [0.5, 0.6) is 0 Å². The van der Waals surface area contributed by atoms with Gasteiger partial charge in [0.05, 0.1) is 5.60 Å². The summed E-state index contributed by atoms with van der Waals surface area (Å²) in [6, 6.07) is 7.39. The fraction of sp³-hybridized carbons (Fsp3) is 0.462. The van der Waals surface area contributed by atoms with Gasteiger partial charge in [0.2, 0.25) is 0 Å². The first-order valence-corrected chi connectivity index (χ1v) is 5.87. The minimum atomic E-state index is -0.791. The fourth-order valence-corrected chi connectivity index (χ4v) is 1.93. The number of carbonyl (C=O) groups excluding carboxylic acids is 1. The second kappa shape index (κ2) is 4.85. The summed E-state index contributed by atoms with van der Waals surface area (Å²) < 4.78 is 0. The number of aryl methyl sites for hydroxylation is 1. The van der Waals surface area contributed by atoms with Crippen molar-refractivity contribution in [1.29, 1.82) is 0 Å². The summed E-state index contributed by atoms with van der Waals surface area (Å²) in [4.78, 5) is 11.8. The van der Waals surface area contributed by atoms with Crippen molar-refractivity contribution in [3.8, 4) is 0 Å². The maximum Gasteiger partial charge on any atom is 0.251 e. The number of aliphatic hydroxyl groups is 1. The summed E-state index contributed by atoms with van der Waals surface area (Å²) in [5, 5.41) is 15.9. The van der Waals surface area contributed by atoms with Crippen LogP contribution in [0, 0.1) is 6.92 Å². The number of amides is 1. The lowest BCUT2D eigenvalue weighted by molar-refractivity contribution is 0.0562. The van der Waals surface area contributed by atoms with E-state index in [0.29, 0.717) is 25.1 Å². The van der Waals surface area contributed by atoms with Gasteiger partial charge in [-0.3, -0.25) is 4.79 Å². The molecule has 3 N–H and O–H groups in total. The normalized spacial score (nSPS) is 23.6. The Morgan fingerprint density at radius 2 is 2.18 bits per heavy atom. The number of hydrogen-bond acceptors (Lipinski definition) is 3. The number of benzene rings is 1. The summed E-state index contributed by atoms with van der Waals surface area (Å²) in [5.74, 6) is -0.134. The molecule has 0 radical (unpaired) electrons. The van der Waals surface area contributed by atoms with E-state index in [1.807, 2.05) is 19.1 Å². The maximum atomic E-state index is 11.8. The van der Waals surface area contributed by atoms with Gasteiger partial charge in [0.15, 0.2) is 0 Å². The van der Waals surface area contributed by atoms with Crippen molar-refractivity contribution in [2.24, 2.45) is 0 Å². The van der Waals surface area contributed by atoms with E-state index in [1.54, 1.807) is 12.1 Å². The molecule has 1 saturated heterocycles. The van der Waals surface area contributed by atoms with E-state index in [1.165, 1.54) is 0 Å². The van der Waals surface area contributed by atoms with Gasteiger partial charge in [-0.2, -0.15) is 0 Å². The molecule has 2 rings (SSSR count). The lowest BCUT2D eigenvalue weighted by Gasteiger charge is -2.21. The van der Waals surface area contributed by atoms with Crippen LogP contribution in [0.25, 0.3) is 0 Å². The highest BCUT2D eigenvalue weighted by atomic mass is 16.3. The highest BCUT2D eigenvalue weighted by molar-refractivity contribution is 5.94. The first kappa shape index (κ1) is 12.1. The Morgan fingerprint density at radius 3 is 2.76 bits per heavy atom. The van der Waals surface area contributed by atoms with Crippen molar-refractivity contribution in [3.05, 3.63) is 35.4 Å². The standard InChI is InChI=1S/C13H18N2O2/c1-10-2-4-11(5-3-10)12(16)15-9-13(17)6-7-14-8-13/h2-5,14,17H,6-9H2,1H3,(H,15,16). The van der Waals surface area contributed by atoms with Crippen LogP contribution < -0.4 is 10.6 Å². The van der Waals surface area contributed by atoms with Crippen molar-refractivity contribution < 1.29 is 9.90 Å². The van der Waals surface area contributed by atoms with Gasteiger partial charge in [0.1, 0.15) is 0 Å². The van der Waals surface area contributed by atoms with E-state index < -0.39 is 5.60 Å². The molecule has 0 bridgehead atoms. The number of rotatable bonds is 3. The minimum Gasteiger partial charge on any atom is -0.387 e. The Kier molecular flexibility index (Phi) is 3.45. The molecule has 1 aromatic carbocycles. The third-order valence-corrected chi connectivity index (χ3v) is 3.11. The summed E-state index contributed by atoms with van der Waals surface area (Å²) in [6.45, 7) is 3.62. The van der Waals surface area contributed by atoms with Gasteiger partial charge in [-0.15, -0.1) is 0 Å². The summed E-state index contributed by atoms with van der Waals surface area (Å²) in [6.07, 6.45) is 0.682. The second-order valence-electron chi connectivity index (χ2n) is 4.70. The molecule has 4 heteroatoms. The monoisotopic (exact) mass is 234 g/mol. The molecule has 0 spiro atoms. The van der Waals surface area contributed by atoms with Gasteiger partial charge >= 0.3 is 0 Å². The molecule has 1 aromatic rings. The highest BCUT2D eigenvalue weighted by Crippen LogP contribution is 2.13. The quantitative estimate of drug-likeness (QED) is 0.711. The van der Waals surface area contributed by atoms with Gasteiger partial charge in [0, 0.05) is 18.7 Å². The van der Waals surface area contributed by atoms with E-state index in [-0.39, 0.29) is 5.91 Å². The van der Waals surface area contributed by atoms with E-state index >= 15 is 0 Å². The van der Waals surface area contributed by atoms with Gasteiger partial charge < -0.3 is 15.7 Å². The molecule has 1 unspecified atom stereocenters. The van der Waals surface area contributed by atoms with E-state index in [0.717, 1.165) is 12.1 Å². The van der Waals surface area contributed by atoms with E-state index in [2.05, 4.69) is 10.6 Å². The van der Waals surface area contributed by atoms with Crippen LogP contribution in [-0.2, 0) is 0 Å². The molecule has 17 heavy (non-hydrogen) atoms. The van der Waals surface area contributed by atoms with Crippen molar-refractivity contribution >= 4 is 5.91 Å². The van der Waals surface area contributed by atoms with Crippen molar-refractivity contribution in [3.63, 3.8) is 0 Å². The Hall–Kier alpha value is -1.39. The smallest absolute Gasteiger partial charge is 0.251 e. The maximum absolute atomic E-state index is 11.8. The second-order valence-corrected chi connectivity index (χ2v) is 4.70. The predicted octanol–water partition coefficient (Wildman–Crippen LogP) is 0.449. The van der Waals surface area contributed by atoms with E-state index in [4.69, 9.17) is 0 Å². The van der Waals surface area contributed by atoms with Crippen LogP contribution in [0.3, 0.4) is 0 Å². The summed E-state index contributed by atoms with van der Waals surface area (Å²) in [5.41, 5.74) is 0.964. The third-order valence-electron chi connectivity index (χ3n) is 3.11. The Balaban J connectivity index is 1.91. The SMILES string of the molecule is Cc1ccc(C(=O)NCC2(O)CCNC2)cc1. The molecule has 4 nitrogen and oxygen atoms in total. The molecule has 0 saturated carbocycles. The highest BCUT2D eigenvalue weighted by Gasteiger charge is 2.31. The molecule has 1 heterocycles. The lowest BCUT2D eigenvalue weighted by atomic mass is 10.0. The van der Waals surface area contributed by atoms with Crippen LogP contribution in [-0.4, -0.2) is 36.2 Å². The van der Waals surface area contributed by atoms with Crippen LogP contribution in [0.1, 0.15) is 22.3 Å². The minimum absolute atomic E-state index is 0.134. The largest absolute Gasteiger partial charge is 0.387 e. The number of hydrogen-bond donors (Lipinski definition) is 3. The molecule has 1 atom stereocenters. The molecular formula is C13H18N2O2. The molecule has 0 aliphatic carbocycles. The number of carbonyl (C=O) groups is 1. The average molecular weight is 234 g/mol. The fourth-order valence-electron chi connectivity index (χ4n) is 1.93. The molecule has 1 aliphatic rings. The van der Waals surface area contributed by atoms with Crippen molar-refractivity contribution in [2.45, 2.75) is 18.9 Å². The Labute approximate surface area is 101 Å². The van der Waals surface area contributed by atoms with Crippen molar-refractivity contribution in [1.82, 2.24) is 10.6 Å². The summed E-state index contributed by atoms with van der Waals surface area (Å²) in [7, 11) is 0. The van der Waals surface area contributed by atoms with Gasteiger partial charge in [-0.1, -0.05) is 17.7 Å². The number of β-amino-alcohol motifs (C(OH)–C–C–N with tert-alkyl or cyclic N) is 1. The molecule has 92 valence electrons. The first-order chi connectivity index (χ1) is 8.09. The number of nitrogens with one attached hydrogen (secondary N) is 2. The van der Waals surface area contributed by atoms with Crippen LogP contribution in [0.2, 0.25) is 0 Å². The lowest BCUT2D eigenvalue weighted by Crippen LogP contribution is -2.44. The van der Waals surface area contributed by atoms with E-state index in [9.17, 15) is 9.90 Å². The van der Waals surface area contributed by atoms with Crippen LogP contribution in [0.15, 0.2) is 24.3 Å². The zero-order valence-electron chi connectivity index (χ0n) is 9.99. The van der Waals surface area contributed by atoms with Crippen LogP contribution >= 0.6 is 0 Å². The zero-order chi connectivity index (χ0) is 12.3. The van der Waals surface area contributed by atoms with Crippen LogP contribution in [0.4, 0.5) is 0 Å².